The van der Waals surface area contributed by atoms with Crippen LogP contribution in [0.3, 0.4) is 0 Å². The second kappa shape index (κ2) is 8.99. The summed E-state index contributed by atoms with van der Waals surface area (Å²) in [7, 11) is 0. The molecular weight excluding hydrogens is 424 g/mol. The van der Waals surface area contributed by atoms with Gasteiger partial charge in [0.2, 0.25) is 5.95 Å². The van der Waals surface area contributed by atoms with E-state index in [1.165, 1.54) is 58.0 Å². The number of hydrogen-bond donors (Lipinski definition) is 2. The molecule has 176 valence electrons. The lowest BCUT2D eigenvalue weighted by Gasteiger charge is -2.32. The van der Waals surface area contributed by atoms with E-state index >= 15 is 0 Å². The Morgan fingerprint density at radius 3 is 2.24 bits per heavy atom. The summed E-state index contributed by atoms with van der Waals surface area (Å²) in [6.07, 6.45) is 9.12. The van der Waals surface area contributed by atoms with Gasteiger partial charge in [-0.1, -0.05) is 43.5 Å². The van der Waals surface area contributed by atoms with Crippen molar-refractivity contribution in [1.82, 2.24) is 15.3 Å². The number of nitrogens with zero attached hydrogens (tertiary/aromatic N) is 2. The zero-order valence-electron chi connectivity index (χ0n) is 19.6. The molecule has 0 unspecified atom stereocenters. The van der Waals surface area contributed by atoms with Gasteiger partial charge in [0.05, 0.1) is 11.1 Å². The van der Waals surface area contributed by atoms with E-state index in [4.69, 9.17) is 4.98 Å². The summed E-state index contributed by atoms with van der Waals surface area (Å²) in [4.78, 5) is 36.9. The maximum atomic E-state index is 13.3. The van der Waals surface area contributed by atoms with Crippen molar-refractivity contribution in [3.8, 4) is 0 Å². The zero-order valence-corrected chi connectivity index (χ0v) is 19.6. The normalized spacial score (nSPS) is 19.5. The molecule has 0 amide bonds. The van der Waals surface area contributed by atoms with Gasteiger partial charge in [-0.15, -0.1) is 0 Å². The van der Waals surface area contributed by atoms with Gasteiger partial charge in [-0.2, -0.15) is 0 Å². The molecule has 0 atom stereocenters. The predicted octanol–water partition coefficient (Wildman–Crippen LogP) is 4.72. The van der Waals surface area contributed by atoms with E-state index in [1.54, 1.807) is 24.3 Å². The first-order chi connectivity index (χ1) is 16.7. The Kier molecular flexibility index (Phi) is 5.69. The van der Waals surface area contributed by atoms with E-state index in [9.17, 15) is 9.59 Å². The number of rotatable bonds is 5. The van der Waals surface area contributed by atoms with Gasteiger partial charge in [0.15, 0.2) is 11.6 Å². The topological polar surface area (TPSA) is 78.1 Å². The number of imidazole rings is 1. The van der Waals surface area contributed by atoms with Crippen molar-refractivity contribution in [3.63, 3.8) is 0 Å². The number of carbonyl (C=O) groups is 2. The number of piperidine rings is 2. The fourth-order valence-electron chi connectivity index (χ4n) is 6.09. The van der Waals surface area contributed by atoms with Crippen LogP contribution < -0.4 is 10.2 Å². The standard InChI is InChI=1S/C28H32N4O2/c33-26-20-6-1-2-7-21(20)27(34)24-22(26)8-9-23-25(24)31-28(30-23)32-16-12-19(13-17-32)5-3-4-18-10-14-29-15-11-18/h1-2,6-9,18-19,29H,3-5,10-17H2,(H,30,31). The minimum atomic E-state index is -0.110. The molecule has 6 nitrogen and oxygen atoms in total. The molecular formula is C28H32N4O2. The van der Waals surface area contributed by atoms with Crippen LogP contribution in [0.15, 0.2) is 36.4 Å². The Labute approximate surface area is 200 Å². The Bertz CT molecular complexity index is 1230. The quantitative estimate of drug-likeness (QED) is 0.454. The van der Waals surface area contributed by atoms with Crippen molar-refractivity contribution < 1.29 is 9.59 Å². The van der Waals surface area contributed by atoms with Crippen LogP contribution in [0.25, 0.3) is 11.0 Å². The minimum absolute atomic E-state index is 0.0954. The zero-order chi connectivity index (χ0) is 23.1. The molecule has 2 fully saturated rings. The molecule has 34 heavy (non-hydrogen) atoms. The summed E-state index contributed by atoms with van der Waals surface area (Å²) in [6.45, 7) is 4.34. The number of hydrogen-bond acceptors (Lipinski definition) is 5. The first kappa shape index (κ1) is 21.5. The third kappa shape index (κ3) is 3.84. The molecule has 6 rings (SSSR count). The summed E-state index contributed by atoms with van der Waals surface area (Å²) in [6, 6.07) is 10.7. The summed E-state index contributed by atoms with van der Waals surface area (Å²) >= 11 is 0. The van der Waals surface area contributed by atoms with Crippen molar-refractivity contribution in [2.45, 2.75) is 44.9 Å². The molecule has 3 aliphatic rings. The summed E-state index contributed by atoms with van der Waals surface area (Å²) < 4.78 is 0. The second-order valence-electron chi connectivity index (χ2n) is 10.2. The molecule has 2 N–H and O–H groups in total. The van der Waals surface area contributed by atoms with E-state index in [0.29, 0.717) is 27.8 Å². The lowest BCUT2D eigenvalue weighted by Crippen LogP contribution is -2.34. The van der Waals surface area contributed by atoms with E-state index in [1.807, 2.05) is 12.1 Å². The monoisotopic (exact) mass is 456 g/mol. The lowest BCUT2D eigenvalue weighted by atomic mass is 9.83. The molecule has 0 saturated carbocycles. The Balaban J connectivity index is 1.15. The van der Waals surface area contributed by atoms with Crippen LogP contribution in [0.2, 0.25) is 0 Å². The maximum absolute atomic E-state index is 13.3. The predicted molar refractivity (Wildman–Crippen MR) is 134 cm³/mol. The van der Waals surface area contributed by atoms with E-state index in [0.717, 1.165) is 36.4 Å². The minimum Gasteiger partial charge on any atom is -0.342 e. The fraction of sp³-hybridized carbons (Fsp3) is 0.464. The highest BCUT2D eigenvalue weighted by atomic mass is 16.1. The second-order valence-corrected chi connectivity index (χ2v) is 10.2. The molecule has 6 heteroatoms. The smallest absolute Gasteiger partial charge is 0.203 e. The number of aromatic nitrogens is 2. The average Bonchev–Trinajstić information content (AvgIpc) is 3.32. The third-order valence-corrected chi connectivity index (χ3v) is 8.13. The summed E-state index contributed by atoms with van der Waals surface area (Å²) in [5, 5.41) is 3.46. The largest absolute Gasteiger partial charge is 0.342 e. The van der Waals surface area contributed by atoms with Gasteiger partial charge in [0, 0.05) is 29.8 Å². The van der Waals surface area contributed by atoms with Gasteiger partial charge in [0.1, 0.15) is 5.52 Å². The van der Waals surface area contributed by atoms with Crippen molar-refractivity contribution >= 4 is 28.5 Å². The van der Waals surface area contributed by atoms with Gasteiger partial charge >= 0.3 is 0 Å². The molecule has 2 aromatic carbocycles. The van der Waals surface area contributed by atoms with Crippen molar-refractivity contribution in [3.05, 3.63) is 58.7 Å². The van der Waals surface area contributed by atoms with Crippen molar-refractivity contribution in [1.29, 1.82) is 0 Å². The van der Waals surface area contributed by atoms with Crippen LogP contribution in [0.4, 0.5) is 5.95 Å². The first-order valence-corrected chi connectivity index (χ1v) is 12.9. The van der Waals surface area contributed by atoms with Crippen LogP contribution in [0, 0.1) is 11.8 Å². The van der Waals surface area contributed by atoms with Crippen molar-refractivity contribution in [2.24, 2.45) is 11.8 Å². The van der Waals surface area contributed by atoms with E-state index in [2.05, 4.69) is 15.2 Å². The number of anilines is 1. The Morgan fingerprint density at radius 2 is 1.50 bits per heavy atom. The molecule has 0 bridgehead atoms. The van der Waals surface area contributed by atoms with Gasteiger partial charge in [-0.05, 0) is 62.7 Å². The molecule has 0 spiro atoms. The van der Waals surface area contributed by atoms with Crippen LogP contribution in [0.1, 0.15) is 76.8 Å². The number of H-pyrrole nitrogens is 1. The van der Waals surface area contributed by atoms with Gasteiger partial charge in [-0.3, -0.25) is 9.59 Å². The number of nitrogens with one attached hydrogen (secondary N) is 2. The number of fused-ring (bicyclic) bond motifs is 4. The molecule has 1 aliphatic carbocycles. The molecule has 2 saturated heterocycles. The fourth-order valence-corrected chi connectivity index (χ4v) is 6.09. The van der Waals surface area contributed by atoms with Gasteiger partial charge < -0.3 is 15.2 Å². The highest BCUT2D eigenvalue weighted by molar-refractivity contribution is 6.31. The molecule has 0 radical (unpaired) electrons. The molecule has 1 aromatic heterocycles. The number of benzene rings is 2. The highest BCUT2D eigenvalue weighted by Gasteiger charge is 2.32. The lowest BCUT2D eigenvalue weighted by molar-refractivity contribution is 0.0980. The number of carbonyl (C=O) groups excluding carboxylic acids is 2. The van der Waals surface area contributed by atoms with Crippen LogP contribution in [-0.2, 0) is 0 Å². The molecule has 3 aromatic rings. The third-order valence-electron chi connectivity index (χ3n) is 8.13. The Morgan fingerprint density at radius 1 is 0.824 bits per heavy atom. The number of aromatic amines is 1. The van der Waals surface area contributed by atoms with Crippen LogP contribution >= 0.6 is 0 Å². The first-order valence-electron chi connectivity index (χ1n) is 12.9. The number of ketones is 2. The summed E-state index contributed by atoms with van der Waals surface area (Å²) in [5.41, 5.74) is 3.29. The summed E-state index contributed by atoms with van der Waals surface area (Å²) in [5.74, 6) is 2.33. The van der Waals surface area contributed by atoms with Crippen LogP contribution in [-0.4, -0.2) is 47.7 Å². The van der Waals surface area contributed by atoms with Gasteiger partial charge in [0.25, 0.3) is 0 Å². The van der Waals surface area contributed by atoms with E-state index < -0.39 is 0 Å². The van der Waals surface area contributed by atoms with Gasteiger partial charge in [-0.25, -0.2) is 4.98 Å². The van der Waals surface area contributed by atoms with Crippen LogP contribution in [0.5, 0.6) is 0 Å². The van der Waals surface area contributed by atoms with E-state index in [-0.39, 0.29) is 11.6 Å². The molecule has 2 aliphatic heterocycles. The Hall–Kier alpha value is -2.99. The highest BCUT2D eigenvalue weighted by Crippen LogP contribution is 2.34. The maximum Gasteiger partial charge on any atom is 0.203 e. The molecule has 3 heterocycles. The SMILES string of the molecule is O=C1c2ccccc2C(=O)c2c1ccc1[nH]c(N3CCC(CCCC4CCNCC4)CC3)nc21. The van der Waals surface area contributed by atoms with Crippen molar-refractivity contribution in [2.75, 3.05) is 31.1 Å². The average molecular weight is 457 g/mol.